The lowest BCUT2D eigenvalue weighted by molar-refractivity contribution is -0.115. The number of nitrogens with one attached hydrogen (secondary N) is 3. The van der Waals surface area contributed by atoms with Crippen molar-refractivity contribution < 1.29 is 14.3 Å². The highest BCUT2D eigenvalue weighted by molar-refractivity contribution is 6.00. The molecule has 8 heteroatoms. The van der Waals surface area contributed by atoms with E-state index in [1.54, 1.807) is 11.0 Å². The summed E-state index contributed by atoms with van der Waals surface area (Å²) in [5, 5.41) is 11.5. The molecule has 1 aliphatic carbocycles. The minimum absolute atomic E-state index is 0.0503. The normalized spacial score (nSPS) is 12.3. The number of para-hydroxylation sites is 1. The Kier molecular flexibility index (Phi) is 10.9. The molecular weight excluding hydrogens is 562 g/mol. The van der Waals surface area contributed by atoms with Gasteiger partial charge in [0.25, 0.3) is 5.91 Å². The van der Waals surface area contributed by atoms with Gasteiger partial charge in [0, 0.05) is 48.5 Å². The molecule has 1 aromatic heterocycles. The van der Waals surface area contributed by atoms with Crippen LogP contribution in [0, 0.1) is 0 Å². The predicted octanol–water partition coefficient (Wildman–Crippen LogP) is 7.09. The second kappa shape index (κ2) is 15.4. The summed E-state index contributed by atoms with van der Waals surface area (Å²) in [5.74, 6) is 0.582. The van der Waals surface area contributed by atoms with Crippen molar-refractivity contribution in [2.24, 2.45) is 0 Å². The van der Waals surface area contributed by atoms with E-state index in [2.05, 4.69) is 34.1 Å². The first kappa shape index (κ1) is 31.8. The smallest absolute Gasteiger partial charge is 0.253 e. The molecule has 0 spiro atoms. The summed E-state index contributed by atoms with van der Waals surface area (Å²) in [7, 11) is 0. The maximum absolute atomic E-state index is 13.1. The van der Waals surface area contributed by atoms with Gasteiger partial charge in [0.15, 0.2) is 0 Å². The number of amides is 2. The first-order valence-corrected chi connectivity index (χ1v) is 16.3. The van der Waals surface area contributed by atoms with E-state index < -0.39 is 0 Å². The highest BCUT2D eigenvalue weighted by atomic mass is 16.5. The maximum atomic E-state index is 13.1. The molecule has 0 aliphatic heterocycles. The van der Waals surface area contributed by atoms with Crippen molar-refractivity contribution in [1.82, 2.24) is 9.88 Å². The third-order valence-electron chi connectivity index (χ3n) is 8.33. The van der Waals surface area contributed by atoms with E-state index in [0.717, 1.165) is 48.3 Å². The Labute approximate surface area is 266 Å². The van der Waals surface area contributed by atoms with E-state index in [4.69, 9.17) is 9.72 Å². The molecule has 1 heterocycles. The van der Waals surface area contributed by atoms with Crippen molar-refractivity contribution in [2.75, 3.05) is 48.7 Å². The average molecular weight is 608 g/mol. The van der Waals surface area contributed by atoms with Crippen LogP contribution < -0.4 is 20.7 Å². The van der Waals surface area contributed by atoms with Gasteiger partial charge in [0.2, 0.25) is 5.91 Å². The van der Waals surface area contributed by atoms with E-state index in [9.17, 15) is 9.59 Å². The number of carbonyl (C=O) groups is 2. The molecule has 0 fully saturated rings. The molecule has 0 saturated heterocycles. The minimum Gasteiger partial charge on any atom is -0.494 e. The van der Waals surface area contributed by atoms with Crippen molar-refractivity contribution in [3.05, 3.63) is 89.1 Å². The molecule has 0 atom stereocenters. The van der Waals surface area contributed by atoms with Crippen molar-refractivity contribution in [1.29, 1.82) is 0 Å². The van der Waals surface area contributed by atoms with Gasteiger partial charge >= 0.3 is 0 Å². The molecule has 1 aliphatic rings. The van der Waals surface area contributed by atoms with E-state index in [0.29, 0.717) is 37.5 Å². The molecule has 0 bridgehead atoms. The fourth-order valence-corrected chi connectivity index (χ4v) is 5.98. The number of anilines is 3. The largest absolute Gasteiger partial charge is 0.494 e. The average Bonchev–Trinajstić information content (AvgIpc) is 3.06. The number of nitrogens with zero attached hydrogens (tertiary/aromatic N) is 2. The van der Waals surface area contributed by atoms with Crippen LogP contribution in [0.3, 0.4) is 0 Å². The lowest BCUT2D eigenvalue weighted by atomic mass is 9.92. The van der Waals surface area contributed by atoms with E-state index in [1.807, 2.05) is 63.2 Å². The SMILES string of the molecule is CCOc1ccc(CC(=O)Nc2cc(C(=O)N(CC)CC)ccc2NCCCNc2c3c(nc4ccccc24)CCCC3)cc1. The Morgan fingerprint density at radius 3 is 2.40 bits per heavy atom. The van der Waals surface area contributed by atoms with Crippen LogP contribution in [0.5, 0.6) is 5.75 Å². The zero-order valence-corrected chi connectivity index (χ0v) is 26.7. The summed E-state index contributed by atoms with van der Waals surface area (Å²) in [6.45, 7) is 9.21. The number of carbonyl (C=O) groups excluding carboxylic acids is 2. The molecule has 0 unspecified atom stereocenters. The Balaban J connectivity index is 1.26. The Morgan fingerprint density at radius 1 is 0.867 bits per heavy atom. The zero-order valence-electron chi connectivity index (χ0n) is 26.7. The Hall–Kier alpha value is -4.59. The van der Waals surface area contributed by atoms with E-state index >= 15 is 0 Å². The second-order valence-electron chi connectivity index (χ2n) is 11.4. The van der Waals surface area contributed by atoms with Gasteiger partial charge in [-0.1, -0.05) is 30.3 Å². The molecule has 2 amide bonds. The minimum atomic E-state index is -0.148. The van der Waals surface area contributed by atoms with Gasteiger partial charge in [-0.25, -0.2) is 0 Å². The van der Waals surface area contributed by atoms with E-state index in [1.165, 1.54) is 35.2 Å². The van der Waals surface area contributed by atoms with Crippen molar-refractivity contribution in [2.45, 2.75) is 59.3 Å². The van der Waals surface area contributed by atoms with Crippen LogP contribution in [0.15, 0.2) is 66.7 Å². The van der Waals surface area contributed by atoms with Crippen molar-refractivity contribution in [3.63, 3.8) is 0 Å². The predicted molar refractivity (Wildman–Crippen MR) is 184 cm³/mol. The molecule has 4 aromatic rings. The van der Waals surface area contributed by atoms with Gasteiger partial charge < -0.3 is 25.6 Å². The number of ether oxygens (including phenoxy) is 1. The van der Waals surface area contributed by atoms with Gasteiger partial charge in [-0.3, -0.25) is 14.6 Å². The number of fused-ring (bicyclic) bond motifs is 2. The van der Waals surface area contributed by atoms with Crippen molar-refractivity contribution >= 4 is 39.8 Å². The fraction of sp³-hybridized carbons (Fsp3) is 0.378. The molecule has 45 heavy (non-hydrogen) atoms. The number of hydrogen-bond acceptors (Lipinski definition) is 6. The number of benzene rings is 3. The first-order chi connectivity index (χ1) is 22.0. The summed E-state index contributed by atoms with van der Waals surface area (Å²) in [6, 6.07) is 21.4. The van der Waals surface area contributed by atoms with Crippen LogP contribution in [0.4, 0.5) is 17.1 Å². The maximum Gasteiger partial charge on any atom is 0.253 e. The summed E-state index contributed by atoms with van der Waals surface area (Å²) < 4.78 is 5.52. The van der Waals surface area contributed by atoms with Crippen molar-refractivity contribution in [3.8, 4) is 5.75 Å². The molecule has 0 saturated carbocycles. The third-order valence-corrected chi connectivity index (χ3v) is 8.33. The van der Waals surface area contributed by atoms with Crippen LogP contribution in [0.25, 0.3) is 10.9 Å². The van der Waals surface area contributed by atoms with Gasteiger partial charge in [0.1, 0.15) is 5.75 Å². The second-order valence-corrected chi connectivity index (χ2v) is 11.4. The number of rotatable bonds is 14. The molecule has 5 rings (SSSR count). The number of pyridine rings is 1. The number of aryl methyl sites for hydroxylation is 1. The van der Waals surface area contributed by atoms with Gasteiger partial charge in [-0.05, 0) is 100 Å². The summed E-state index contributed by atoms with van der Waals surface area (Å²) in [6.07, 6.45) is 5.57. The van der Waals surface area contributed by atoms with Gasteiger partial charge in [-0.2, -0.15) is 0 Å². The third kappa shape index (κ3) is 7.93. The van der Waals surface area contributed by atoms with Gasteiger partial charge in [-0.15, -0.1) is 0 Å². The standard InChI is InChI=1S/C37H45N5O3/c1-4-42(5-2)37(44)27-18-21-33(34(25-27)41-35(43)24-26-16-19-28(20-17-26)45-6-3)38-22-11-23-39-36-29-12-7-9-14-31(29)40-32-15-10-8-13-30(32)36/h7,9,12,14,16-21,25,38H,4-6,8,10-11,13,15,22-24H2,1-3H3,(H,39,40)(H,41,43). The topological polar surface area (TPSA) is 95.6 Å². The van der Waals surface area contributed by atoms with Crippen LogP contribution in [-0.4, -0.2) is 54.5 Å². The monoisotopic (exact) mass is 607 g/mol. The van der Waals surface area contributed by atoms with Crippen LogP contribution >= 0.6 is 0 Å². The summed E-state index contributed by atoms with van der Waals surface area (Å²) in [5.41, 5.74) is 7.68. The lowest BCUT2D eigenvalue weighted by Crippen LogP contribution is -2.30. The highest BCUT2D eigenvalue weighted by Gasteiger charge is 2.19. The zero-order chi connectivity index (χ0) is 31.6. The first-order valence-electron chi connectivity index (χ1n) is 16.3. The molecular formula is C37H45N5O3. The molecule has 236 valence electrons. The van der Waals surface area contributed by atoms with Crippen LogP contribution in [0.2, 0.25) is 0 Å². The molecule has 8 nitrogen and oxygen atoms in total. The van der Waals surface area contributed by atoms with Crippen LogP contribution in [0.1, 0.15) is 67.2 Å². The van der Waals surface area contributed by atoms with Gasteiger partial charge in [0.05, 0.1) is 29.9 Å². The molecule has 3 N–H and O–H groups in total. The Morgan fingerprint density at radius 2 is 1.62 bits per heavy atom. The Bertz CT molecular complexity index is 1610. The number of hydrogen-bond donors (Lipinski definition) is 3. The summed E-state index contributed by atoms with van der Waals surface area (Å²) in [4.78, 5) is 33.0. The fourth-order valence-electron chi connectivity index (χ4n) is 5.98. The highest BCUT2D eigenvalue weighted by Crippen LogP contribution is 2.33. The molecule has 0 radical (unpaired) electrons. The lowest BCUT2D eigenvalue weighted by Gasteiger charge is -2.22. The quantitative estimate of drug-likeness (QED) is 0.133. The van der Waals surface area contributed by atoms with E-state index in [-0.39, 0.29) is 18.2 Å². The molecule has 3 aromatic carbocycles. The van der Waals surface area contributed by atoms with Crippen LogP contribution in [-0.2, 0) is 24.1 Å². The number of aromatic nitrogens is 1. The summed E-state index contributed by atoms with van der Waals surface area (Å²) >= 11 is 0.